The van der Waals surface area contributed by atoms with E-state index in [2.05, 4.69) is 10.4 Å². The smallest absolute Gasteiger partial charge is 0.349 e. The molecule has 0 aliphatic carbocycles. The van der Waals surface area contributed by atoms with Gasteiger partial charge in [0.2, 0.25) is 0 Å². The van der Waals surface area contributed by atoms with Gasteiger partial charge in [-0.05, 0) is 29.8 Å². The zero-order valence-corrected chi connectivity index (χ0v) is 14.8. The molecular formula is C20H14ClN3O3. The fraction of sp³-hybridized carbons (Fsp3) is 0.0500. The van der Waals surface area contributed by atoms with Crippen LogP contribution in [0.1, 0.15) is 15.9 Å². The van der Waals surface area contributed by atoms with Crippen LogP contribution in [0.5, 0.6) is 0 Å². The Morgan fingerprint density at radius 2 is 1.89 bits per heavy atom. The Morgan fingerprint density at radius 1 is 1.11 bits per heavy atom. The number of carbonyl (C=O) groups excluding carboxylic acids is 1. The second-order valence-electron chi connectivity index (χ2n) is 5.94. The molecule has 0 bridgehead atoms. The maximum Gasteiger partial charge on any atom is 0.349 e. The van der Waals surface area contributed by atoms with Crippen molar-refractivity contribution in [3.8, 4) is 0 Å². The molecule has 0 atom stereocenters. The van der Waals surface area contributed by atoms with Gasteiger partial charge in [-0.1, -0.05) is 41.9 Å². The van der Waals surface area contributed by atoms with Crippen LogP contribution in [0, 0.1) is 0 Å². The maximum absolute atomic E-state index is 12.6. The molecule has 0 unspecified atom stereocenters. The quantitative estimate of drug-likeness (QED) is 0.545. The highest BCUT2D eigenvalue weighted by molar-refractivity contribution is 6.30. The van der Waals surface area contributed by atoms with Crippen LogP contribution < -0.4 is 10.9 Å². The molecule has 0 saturated carbocycles. The van der Waals surface area contributed by atoms with Crippen molar-refractivity contribution in [1.82, 2.24) is 9.78 Å². The minimum absolute atomic E-state index is 0.0621. The highest BCUT2D eigenvalue weighted by Gasteiger charge is 2.15. The minimum Gasteiger partial charge on any atom is -0.422 e. The van der Waals surface area contributed by atoms with Gasteiger partial charge in [-0.3, -0.25) is 4.79 Å². The fourth-order valence-corrected chi connectivity index (χ4v) is 2.86. The number of nitrogens with one attached hydrogen (secondary N) is 1. The first-order chi connectivity index (χ1) is 13.1. The summed E-state index contributed by atoms with van der Waals surface area (Å²) < 4.78 is 6.85. The summed E-state index contributed by atoms with van der Waals surface area (Å²) >= 11 is 5.90. The number of carbonyl (C=O) groups is 1. The molecule has 6 nitrogen and oxygen atoms in total. The summed E-state index contributed by atoms with van der Waals surface area (Å²) in [5.41, 5.74) is 0.665. The molecule has 0 fully saturated rings. The number of benzene rings is 2. The number of halogens is 1. The van der Waals surface area contributed by atoms with Crippen LogP contribution in [0.3, 0.4) is 0 Å². The number of rotatable bonds is 4. The Morgan fingerprint density at radius 3 is 2.70 bits per heavy atom. The molecule has 0 radical (unpaired) electrons. The van der Waals surface area contributed by atoms with E-state index in [4.69, 9.17) is 16.0 Å². The van der Waals surface area contributed by atoms with Gasteiger partial charge in [0.1, 0.15) is 17.0 Å². The molecule has 4 aromatic rings. The molecule has 0 saturated heterocycles. The minimum atomic E-state index is -0.685. The van der Waals surface area contributed by atoms with Crippen molar-refractivity contribution in [1.29, 1.82) is 0 Å². The van der Waals surface area contributed by atoms with Crippen molar-refractivity contribution < 1.29 is 9.21 Å². The number of hydrogen-bond donors (Lipinski definition) is 1. The van der Waals surface area contributed by atoms with Gasteiger partial charge in [0, 0.05) is 16.5 Å². The molecule has 4 rings (SSSR count). The SMILES string of the molecule is O=C(Nc1ccnn1Cc1ccc(Cl)cc1)c1cc2ccccc2oc1=O. The average Bonchev–Trinajstić information content (AvgIpc) is 3.09. The van der Waals surface area contributed by atoms with Gasteiger partial charge in [0.05, 0.1) is 12.7 Å². The lowest BCUT2D eigenvalue weighted by atomic mass is 10.2. The molecule has 134 valence electrons. The van der Waals surface area contributed by atoms with Crippen LogP contribution in [-0.4, -0.2) is 15.7 Å². The van der Waals surface area contributed by atoms with E-state index < -0.39 is 11.5 Å². The van der Waals surface area contributed by atoms with Crippen LogP contribution in [-0.2, 0) is 6.54 Å². The first-order valence-electron chi connectivity index (χ1n) is 8.21. The number of hydrogen-bond acceptors (Lipinski definition) is 4. The third kappa shape index (κ3) is 3.61. The van der Waals surface area contributed by atoms with Crippen LogP contribution in [0.2, 0.25) is 5.02 Å². The molecule has 2 aromatic carbocycles. The molecule has 2 aromatic heterocycles. The normalized spacial score (nSPS) is 10.9. The Hall–Kier alpha value is -3.38. The topological polar surface area (TPSA) is 77.1 Å². The first-order valence-corrected chi connectivity index (χ1v) is 8.58. The van der Waals surface area contributed by atoms with Crippen LogP contribution in [0.15, 0.2) is 76.1 Å². The number of aromatic nitrogens is 2. The van der Waals surface area contributed by atoms with E-state index in [1.54, 1.807) is 47.3 Å². The van der Waals surface area contributed by atoms with Gasteiger partial charge < -0.3 is 9.73 Å². The van der Waals surface area contributed by atoms with Crippen molar-refractivity contribution in [2.75, 3.05) is 5.32 Å². The monoisotopic (exact) mass is 379 g/mol. The van der Waals surface area contributed by atoms with Gasteiger partial charge in [-0.2, -0.15) is 5.10 Å². The zero-order chi connectivity index (χ0) is 18.8. The van der Waals surface area contributed by atoms with E-state index >= 15 is 0 Å². The Labute approximate surface area is 159 Å². The van der Waals surface area contributed by atoms with Crippen LogP contribution in [0.25, 0.3) is 11.0 Å². The summed E-state index contributed by atoms with van der Waals surface area (Å²) in [6.45, 7) is 0.451. The van der Waals surface area contributed by atoms with Crippen molar-refractivity contribution in [3.05, 3.63) is 93.4 Å². The second kappa shape index (κ2) is 7.09. The van der Waals surface area contributed by atoms with E-state index in [-0.39, 0.29) is 5.56 Å². The molecule has 7 heteroatoms. The largest absolute Gasteiger partial charge is 0.422 e. The molecular weight excluding hydrogens is 366 g/mol. The lowest BCUT2D eigenvalue weighted by Gasteiger charge is -2.09. The number of amides is 1. The van der Waals surface area contributed by atoms with Crippen LogP contribution in [0.4, 0.5) is 5.82 Å². The average molecular weight is 380 g/mol. The maximum atomic E-state index is 12.6. The Balaban J connectivity index is 1.59. The first kappa shape index (κ1) is 17.1. The van der Waals surface area contributed by atoms with E-state index in [0.29, 0.717) is 28.4 Å². The summed E-state index contributed by atoms with van der Waals surface area (Å²) in [6, 6.07) is 17.6. The molecule has 1 amide bonds. The van der Waals surface area contributed by atoms with E-state index in [1.165, 1.54) is 6.07 Å². The molecule has 27 heavy (non-hydrogen) atoms. The molecule has 0 aliphatic heterocycles. The van der Waals surface area contributed by atoms with Crippen molar-refractivity contribution in [2.45, 2.75) is 6.54 Å². The van der Waals surface area contributed by atoms with Gasteiger partial charge in [-0.25, -0.2) is 9.48 Å². The predicted molar refractivity (Wildman–Crippen MR) is 103 cm³/mol. The van der Waals surface area contributed by atoms with Crippen molar-refractivity contribution in [2.24, 2.45) is 0 Å². The third-order valence-electron chi connectivity index (χ3n) is 4.09. The molecule has 1 N–H and O–H groups in total. The van der Waals surface area contributed by atoms with Crippen molar-refractivity contribution >= 4 is 34.3 Å². The number of nitrogens with zero attached hydrogens (tertiary/aromatic N) is 2. The molecule has 0 aliphatic rings. The van der Waals surface area contributed by atoms with Gasteiger partial charge >= 0.3 is 5.63 Å². The lowest BCUT2D eigenvalue weighted by molar-refractivity contribution is 0.102. The van der Waals surface area contributed by atoms with E-state index in [1.807, 2.05) is 18.2 Å². The summed E-state index contributed by atoms with van der Waals surface area (Å²) in [4.78, 5) is 24.7. The summed E-state index contributed by atoms with van der Waals surface area (Å²) in [6.07, 6.45) is 1.58. The molecule has 0 spiro atoms. The number of fused-ring (bicyclic) bond motifs is 1. The summed E-state index contributed by atoms with van der Waals surface area (Å²) in [5.74, 6) is -0.0742. The second-order valence-corrected chi connectivity index (χ2v) is 6.38. The fourth-order valence-electron chi connectivity index (χ4n) is 2.73. The number of anilines is 1. The Bertz CT molecular complexity index is 1180. The third-order valence-corrected chi connectivity index (χ3v) is 4.34. The summed E-state index contributed by atoms with van der Waals surface area (Å²) in [7, 11) is 0. The highest BCUT2D eigenvalue weighted by Crippen LogP contribution is 2.16. The zero-order valence-electron chi connectivity index (χ0n) is 14.1. The highest BCUT2D eigenvalue weighted by atomic mass is 35.5. The van der Waals surface area contributed by atoms with Crippen LogP contribution >= 0.6 is 11.6 Å². The Kier molecular flexibility index (Phi) is 4.48. The van der Waals surface area contributed by atoms with Gasteiger partial charge in [-0.15, -0.1) is 0 Å². The van der Waals surface area contributed by atoms with Gasteiger partial charge in [0.15, 0.2) is 0 Å². The standard InChI is InChI=1S/C20H14ClN3O3/c21-15-7-5-13(6-8-15)12-24-18(9-10-22-24)23-19(25)16-11-14-3-1-2-4-17(14)27-20(16)26/h1-11H,12H2,(H,23,25). The van der Waals surface area contributed by atoms with E-state index in [0.717, 1.165) is 5.56 Å². The van der Waals surface area contributed by atoms with Crippen molar-refractivity contribution in [3.63, 3.8) is 0 Å². The predicted octanol–water partition coefficient (Wildman–Crippen LogP) is 3.94. The van der Waals surface area contributed by atoms with Gasteiger partial charge in [0.25, 0.3) is 5.91 Å². The van der Waals surface area contributed by atoms with E-state index in [9.17, 15) is 9.59 Å². The summed E-state index contributed by atoms with van der Waals surface area (Å²) in [5, 5.41) is 8.27. The number of para-hydroxylation sites is 1. The lowest BCUT2D eigenvalue weighted by Crippen LogP contribution is -2.22. The molecule has 2 heterocycles.